The maximum absolute atomic E-state index is 12.8. The van der Waals surface area contributed by atoms with Crippen LogP contribution in [0.3, 0.4) is 0 Å². The van der Waals surface area contributed by atoms with Crippen molar-refractivity contribution in [2.75, 3.05) is 7.11 Å². The Labute approximate surface area is 107 Å². The first-order chi connectivity index (χ1) is 8.51. The average Bonchev–Trinajstić information content (AvgIpc) is 2.37. The van der Waals surface area contributed by atoms with Crippen LogP contribution >= 0.6 is 0 Å². The number of carbonyl (C=O) groups is 1. The Morgan fingerprint density at radius 2 is 2.00 bits per heavy atom. The Morgan fingerprint density at radius 3 is 2.50 bits per heavy atom. The van der Waals surface area contributed by atoms with Gasteiger partial charge < -0.3 is 4.74 Å². The summed E-state index contributed by atoms with van der Waals surface area (Å²) in [5, 5.41) is 3.19. The van der Waals surface area contributed by atoms with Crippen LogP contribution in [0.2, 0.25) is 0 Å². The third-order valence-corrected chi connectivity index (χ3v) is 2.98. The smallest absolute Gasteiger partial charge is 0.325 e. The Hall–Kier alpha value is -1.42. The maximum Gasteiger partial charge on any atom is 0.325 e. The Morgan fingerprint density at radius 1 is 1.39 bits per heavy atom. The molecule has 18 heavy (non-hydrogen) atoms. The van der Waals surface area contributed by atoms with Gasteiger partial charge in [0.2, 0.25) is 0 Å². The lowest BCUT2D eigenvalue weighted by molar-refractivity contribution is -0.148. The van der Waals surface area contributed by atoms with Gasteiger partial charge in [0, 0.05) is 6.54 Å². The van der Waals surface area contributed by atoms with Crippen molar-refractivity contribution < 1.29 is 13.9 Å². The molecule has 0 aliphatic carbocycles. The third-order valence-electron chi connectivity index (χ3n) is 2.98. The van der Waals surface area contributed by atoms with Crippen molar-refractivity contribution in [3.8, 4) is 0 Å². The lowest BCUT2D eigenvalue weighted by Crippen LogP contribution is -2.49. The van der Waals surface area contributed by atoms with E-state index >= 15 is 0 Å². The van der Waals surface area contributed by atoms with E-state index < -0.39 is 5.54 Å². The second kappa shape index (κ2) is 6.50. The molecular formula is C14H20FNO2. The number of halogens is 1. The third kappa shape index (κ3) is 3.81. The highest BCUT2D eigenvalue weighted by Gasteiger charge is 2.32. The van der Waals surface area contributed by atoms with Crippen molar-refractivity contribution in [1.82, 2.24) is 5.32 Å². The minimum absolute atomic E-state index is 0.261. The van der Waals surface area contributed by atoms with Gasteiger partial charge in [-0.15, -0.1) is 0 Å². The van der Waals surface area contributed by atoms with Crippen LogP contribution in [-0.2, 0) is 16.1 Å². The normalized spacial score (nSPS) is 14.0. The van der Waals surface area contributed by atoms with Gasteiger partial charge in [-0.3, -0.25) is 10.1 Å². The van der Waals surface area contributed by atoms with Gasteiger partial charge in [0.1, 0.15) is 11.4 Å². The lowest BCUT2D eigenvalue weighted by Gasteiger charge is -2.27. The van der Waals surface area contributed by atoms with Crippen molar-refractivity contribution in [2.45, 2.75) is 38.8 Å². The first-order valence-electron chi connectivity index (χ1n) is 6.09. The molecule has 0 saturated heterocycles. The van der Waals surface area contributed by atoms with Crippen molar-refractivity contribution in [1.29, 1.82) is 0 Å². The molecule has 100 valence electrons. The molecule has 0 aromatic heterocycles. The van der Waals surface area contributed by atoms with Crippen LogP contribution in [0.15, 0.2) is 24.3 Å². The molecule has 0 aliphatic rings. The van der Waals surface area contributed by atoms with E-state index in [1.54, 1.807) is 12.1 Å². The standard InChI is InChI=1S/C14H20FNO2/c1-4-9-14(2,13(17)18-3)16-10-11-5-7-12(15)8-6-11/h5-8,16H,4,9-10H2,1-3H3. The van der Waals surface area contributed by atoms with Crippen LogP contribution in [0, 0.1) is 5.82 Å². The zero-order valence-corrected chi connectivity index (χ0v) is 11.1. The zero-order chi connectivity index (χ0) is 13.6. The van der Waals surface area contributed by atoms with E-state index in [0.29, 0.717) is 13.0 Å². The number of hydrogen-bond acceptors (Lipinski definition) is 3. The number of hydrogen-bond donors (Lipinski definition) is 1. The fourth-order valence-corrected chi connectivity index (χ4v) is 1.89. The quantitative estimate of drug-likeness (QED) is 0.792. The molecule has 3 nitrogen and oxygen atoms in total. The summed E-state index contributed by atoms with van der Waals surface area (Å²) in [7, 11) is 1.38. The second-order valence-electron chi connectivity index (χ2n) is 4.55. The molecule has 1 rings (SSSR count). The number of rotatable bonds is 6. The van der Waals surface area contributed by atoms with Gasteiger partial charge in [0.25, 0.3) is 0 Å². The van der Waals surface area contributed by atoms with Crippen LogP contribution in [0.1, 0.15) is 32.3 Å². The summed E-state index contributed by atoms with van der Waals surface area (Å²) in [5.74, 6) is -0.533. The fraction of sp³-hybridized carbons (Fsp3) is 0.500. The summed E-state index contributed by atoms with van der Waals surface area (Å²) >= 11 is 0. The molecule has 0 fully saturated rings. The highest BCUT2D eigenvalue weighted by Crippen LogP contribution is 2.15. The first kappa shape index (κ1) is 14.6. The molecule has 0 amide bonds. The molecule has 0 aliphatic heterocycles. The molecule has 0 heterocycles. The van der Waals surface area contributed by atoms with Gasteiger partial charge in [-0.1, -0.05) is 25.5 Å². The molecule has 0 spiro atoms. The van der Waals surface area contributed by atoms with Gasteiger partial charge in [-0.05, 0) is 31.0 Å². The Balaban J connectivity index is 2.67. The summed E-state index contributed by atoms with van der Waals surface area (Å²) in [4.78, 5) is 11.8. The minimum atomic E-state index is -0.697. The lowest BCUT2D eigenvalue weighted by atomic mass is 9.96. The van der Waals surface area contributed by atoms with Crippen molar-refractivity contribution in [2.24, 2.45) is 0 Å². The predicted molar refractivity (Wildman–Crippen MR) is 68.6 cm³/mol. The van der Waals surface area contributed by atoms with Crippen molar-refractivity contribution in [3.05, 3.63) is 35.6 Å². The van der Waals surface area contributed by atoms with E-state index in [1.165, 1.54) is 19.2 Å². The van der Waals surface area contributed by atoms with Crippen LogP contribution in [0.5, 0.6) is 0 Å². The average molecular weight is 253 g/mol. The highest BCUT2D eigenvalue weighted by atomic mass is 19.1. The molecule has 1 aromatic rings. The van der Waals surface area contributed by atoms with Crippen LogP contribution in [0.4, 0.5) is 4.39 Å². The molecule has 0 radical (unpaired) electrons. The molecule has 1 atom stereocenters. The number of nitrogens with one attached hydrogen (secondary N) is 1. The summed E-state index contributed by atoms with van der Waals surface area (Å²) in [6.45, 7) is 4.35. The van der Waals surface area contributed by atoms with E-state index in [4.69, 9.17) is 4.74 Å². The number of esters is 1. The molecule has 1 N–H and O–H groups in total. The van der Waals surface area contributed by atoms with Crippen molar-refractivity contribution >= 4 is 5.97 Å². The van der Waals surface area contributed by atoms with Gasteiger partial charge in [-0.2, -0.15) is 0 Å². The minimum Gasteiger partial charge on any atom is -0.468 e. The number of methoxy groups -OCH3 is 1. The molecule has 1 unspecified atom stereocenters. The summed E-state index contributed by atoms with van der Waals surface area (Å²) in [5.41, 5.74) is 0.236. The van der Waals surface area contributed by atoms with Gasteiger partial charge >= 0.3 is 5.97 Å². The van der Waals surface area contributed by atoms with Crippen LogP contribution in [-0.4, -0.2) is 18.6 Å². The van der Waals surface area contributed by atoms with Crippen molar-refractivity contribution in [3.63, 3.8) is 0 Å². The van der Waals surface area contributed by atoms with E-state index in [0.717, 1.165) is 12.0 Å². The second-order valence-corrected chi connectivity index (χ2v) is 4.55. The maximum atomic E-state index is 12.8. The topological polar surface area (TPSA) is 38.3 Å². The van der Waals surface area contributed by atoms with E-state index in [9.17, 15) is 9.18 Å². The van der Waals surface area contributed by atoms with Crippen LogP contribution in [0.25, 0.3) is 0 Å². The Kier molecular flexibility index (Phi) is 5.28. The van der Waals surface area contributed by atoms with E-state index in [-0.39, 0.29) is 11.8 Å². The molecule has 0 bridgehead atoms. The molecule has 0 saturated carbocycles. The molecule has 4 heteroatoms. The fourth-order valence-electron chi connectivity index (χ4n) is 1.89. The SMILES string of the molecule is CCCC(C)(NCc1ccc(F)cc1)C(=O)OC. The number of benzene rings is 1. The summed E-state index contributed by atoms with van der Waals surface area (Å²) in [6.07, 6.45) is 1.57. The van der Waals surface area contributed by atoms with Crippen LogP contribution < -0.4 is 5.32 Å². The molecule has 1 aromatic carbocycles. The largest absolute Gasteiger partial charge is 0.468 e. The zero-order valence-electron chi connectivity index (χ0n) is 11.1. The van der Waals surface area contributed by atoms with E-state index in [2.05, 4.69) is 5.32 Å². The highest BCUT2D eigenvalue weighted by molar-refractivity contribution is 5.80. The van der Waals surface area contributed by atoms with E-state index in [1.807, 2.05) is 13.8 Å². The van der Waals surface area contributed by atoms with Gasteiger partial charge in [0.15, 0.2) is 0 Å². The number of ether oxygens (including phenoxy) is 1. The van der Waals surface area contributed by atoms with Gasteiger partial charge in [0.05, 0.1) is 7.11 Å². The monoisotopic (exact) mass is 253 g/mol. The summed E-state index contributed by atoms with van der Waals surface area (Å²) in [6, 6.07) is 6.22. The Bertz CT molecular complexity index is 391. The predicted octanol–water partition coefficient (Wildman–Crippen LogP) is 2.65. The molecular weight excluding hydrogens is 233 g/mol. The summed E-state index contributed by atoms with van der Waals surface area (Å²) < 4.78 is 17.6. The van der Waals surface area contributed by atoms with Gasteiger partial charge in [-0.25, -0.2) is 4.39 Å². The number of carbonyl (C=O) groups excluding carboxylic acids is 1. The first-order valence-corrected chi connectivity index (χ1v) is 6.09.